The Bertz CT molecular complexity index is 1430. The van der Waals surface area contributed by atoms with Crippen LogP contribution in [-0.2, 0) is 11.3 Å². The molecular weight excluding hydrogens is 527 g/mol. The summed E-state index contributed by atoms with van der Waals surface area (Å²) >= 11 is 3.69. The number of piperidine rings is 1. The van der Waals surface area contributed by atoms with E-state index in [9.17, 15) is 14.3 Å². The number of halogens is 2. The fraction of sp³-hybridized carbons (Fsp3) is 0.385. The Morgan fingerprint density at radius 1 is 1.28 bits per heavy atom. The minimum atomic E-state index is -0.616. The molecule has 4 aromatic rings. The quantitative estimate of drug-likeness (QED) is 0.374. The van der Waals surface area contributed by atoms with E-state index < -0.39 is 6.10 Å². The number of benzene rings is 1. The molecule has 5 rings (SSSR count). The number of aliphatic hydroxyl groups excluding tert-OH is 1. The first kappa shape index (κ1) is 24.7. The van der Waals surface area contributed by atoms with Gasteiger partial charge in [-0.2, -0.15) is 5.10 Å². The number of likely N-dealkylation sites (tertiary alicyclic amines) is 1. The minimum absolute atomic E-state index is 0.00752. The van der Waals surface area contributed by atoms with Crippen LogP contribution in [0.3, 0.4) is 0 Å². The maximum absolute atomic E-state index is 13.8. The molecule has 1 unspecified atom stereocenters. The van der Waals surface area contributed by atoms with Crippen LogP contribution >= 0.6 is 15.9 Å². The number of aryl methyl sites for hydroxylation is 1. The maximum atomic E-state index is 13.8. The number of nitrogens with zero attached hydrogens (tertiary/aromatic N) is 5. The monoisotopic (exact) mass is 554 g/mol. The first-order chi connectivity index (χ1) is 17.3. The third kappa shape index (κ3) is 4.98. The zero-order valence-corrected chi connectivity index (χ0v) is 21.8. The van der Waals surface area contributed by atoms with Gasteiger partial charge < -0.3 is 15.3 Å². The lowest BCUT2D eigenvalue weighted by Crippen LogP contribution is -2.45. The number of aliphatic hydroxyl groups is 1. The van der Waals surface area contributed by atoms with Gasteiger partial charge >= 0.3 is 0 Å². The van der Waals surface area contributed by atoms with E-state index in [1.54, 1.807) is 29.9 Å². The summed E-state index contributed by atoms with van der Waals surface area (Å²) in [5.41, 5.74) is 4.90. The van der Waals surface area contributed by atoms with E-state index >= 15 is 0 Å². The summed E-state index contributed by atoms with van der Waals surface area (Å²) in [5, 5.41) is 18.3. The number of aromatic nitrogens is 4. The van der Waals surface area contributed by atoms with E-state index in [1.807, 2.05) is 17.9 Å². The summed E-state index contributed by atoms with van der Waals surface area (Å²) in [6, 6.07) is 6.73. The van der Waals surface area contributed by atoms with Crippen molar-refractivity contribution in [2.24, 2.45) is 0 Å². The van der Waals surface area contributed by atoms with Crippen LogP contribution in [0.2, 0.25) is 0 Å². The molecule has 0 bridgehead atoms. The van der Waals surface area contributed by atoms with Crippen molar-refractivity contribution in [3.05, 3.63) is 58.3 Å². The van der Waals surface area contributed by atoms with E-state index in [2.05, 4.69) is 31.3 Å². The van der Waals surface area contributed by atoms with Gasteiger partial charge in [-0.1, -0.05) is 0 Å². The zero-order chi connectivity index (χ0) is 25.4. The van der Waals surface area contributed by atoms with Crippen LogP contribution in [-0.4, -0.2) is 60.7 Å². The van der Waals surface area contributed by atoms with Gasteiger partial charge in [0.05, 0.1) is 40.1 Å². The smallest absolute Gasteiger partial charge is 0.225 e. The van der Waals surface area contributed by atoms with Crippen LogP contribution in [0.1, 0.15) is 37.6 Å². The highest BCUT2D eigenvalue weighted by Crippen LogP contribution is 2.30. The molecule has 10 heteroatoms. The van der Waals surface area contributed by atoms with Crippen LogP contribution in [0.4, 0.5) is 4.39 Å². The van der Waals surface area contributed by atoms with Crippen LogP contribution in [0.15, 0.2) is 41.1 Å². The number of carbonyl (C=O) groups is 1. The number of fused-ring (bicyclic) bond motifs is 2. The number of amides is 1. The van der Waals surface area contributed by atoms with Gasteiger partial charge in [-0.05, 0) is 66.9 Å². The molecule has 0 radical (unpaired) electrons. The molecule has 8 nitrogen and oxygen atoms in total. The molecule has 3 aromatic heterocycles. The Morgan fingerprint density at radius 2 is 2.06 bits per heavy atom. The largest absolute Gasteiger partial charge is 0.393 e. The van der Waals surface area contributed by atoms with Gasteiger partial charge in [0.25, 0.3) is 0 Å². The second-order valence-electron chi connectivity index (χ2n) is 9.40. The van der Waals surface area contributed by atoms with Crippen molar-refractivity contribution in [2.75, 3.05) is 13.1 Å². The summed E-state index contributed by atoms with van der Waals surface area (Å²) < 4.78 is 16.5. The van der Waals surface area contributed by atoms with E-state index in [0.29, 0.717) is 25.3 Å². The molecule has 1 aliphatic rings. The van der Waals surface area contributed by atoms with Gasteiger partial charge in [0.1, 0.15) is 5.82 Å². The van der Waals surface area contributed by atoms with Crippen molar-refractivity contribution < 1.29 is 14.3 Å². The molecule has 1 atom stereocenters. The number of pyridine rings is 1. The molecule has 36 heavy (non-hydrogen) atoms. The standard InChI is InChI=1S/C26H28BrFN6O2/c1-15(35)9-24(36)33-7-5-20(6-8-33)29-14-23-25(27)16(2)34-26(32-23)21(13-31-34)18-10-17-11-19(28)3-4-22(17)30-12-18/h3-4,10-13,15,20,29,35H,5-9,14H2,1-2H3. The summed E-state index contributed by atoms with van der Waals surface area (Å²) in [6.07, 6.45) is 4.78. The maximum Gasteiger partial charge on any atom is 0.225 e. The fourth-order valence-electron chi connectivity index (χ4n) is 4.70. The molecule has 0 spiro atoms. The van der Waals surface area contributed by atoms with E-state index in [0.717, 1.165) is 50.7 Å². The summed E-state index contributed by atoms with van der Waals surface area (Å²) in [5.74, 6) is -0.293. The number of carbonyl (C=O) groups excluding carboxylic acids is 1. The SMILES string of the molecule is Cc1c(Br)c(CNC2CCN(C(=O)CC(C)O)CC2)nc2c(-c3cnc4ccc(F)cc4c3)cnn12. The first-order valence-corrected chi connectivity index (χ1v) is 12.9. The van der Waals surface area contributed by atoms with E-state index in [-0.39, 0.29) is 24.2 Å². The highest BCUT2D eigenvalue weighted by atomic mass is 79.9. The predicted octanol–water partition coefficient (Wildman–Crippen LogP) is 4.01. The number of hydrogen-bond donors (Lipinski definition) is 2. The normalized spacial score (nSPS) is 15.6. The van der Waals surface area contributed by atoms with Crippen molar-refractivity contribution in [1.82, 2.24) is 29.8 Å². The molecule has 0 saturated carbocycles. The van der Waals surface area contributed by atoms with Crippen molar-refractivity contribution in [1.29, 1.82) is 0 Å². The number of rotatable bonds is 6. The van der Waals surface area contributed by atoms with Gasteiger partial charge in [-0.15, -0.1) is 0 Å². The van der Waals surface area contributed by atoms with Crippen LogP contribution in [0, 0.1) is 12.7 Å². The Balaban J connectivity index is 1.35. The molecule has 2 N–H and O–H groups in total. The zero-order valence-electron chi connectivity index (χ0n) is 20.2. The Morgan fingerprint density at radius 3 is 2.81 bits per heavy atom. The van der Waals surface area contributed by atoms with E-state index in [4.69, 9.17) is 4.98 Å². The van der Waals surface area contributed by atoms with Crippen LogP contribution in [0.25, 0.3) is 27.7 Å². The summed E-state index contributed by atoms with van der Waals surface area (Å²) in [7, 11) is 0. The average molecular weight is 555 g/mol. The Labute approximate surface area is 216 Å². The lowest BCUT2D eigenvalue weighted by atomic mass is 10.0. The fourth-order valence-corrected chi connectivity index (χ4v) is 5.10. The molecule has 188 valence electrons. The van der Waals surface area contributed by atoms with Crippen molar-refractivity contribution in [3.63, 3.8) is 0 Å². The third-order valence-electron chi connectivity index (χ3n) is 6.70. The number of nitrogens with one attached hydrogen (secondary N) is 1. The molecule has 1 fully saturated rings. The molecule has 1 amide bonds. The third-order valence-corrected chi connectivity index (χ3v) is 7.74. The highest BCUT2D eigenvalue weighted by molar-refractivity contribution is 9.10. The van der Waals surface area contributed by atoms with Gasteiger partial charge in [0.2, 0.25) is 5.91 Å². The lowest BCUT2D eigenvalue weighted by molar-refractivity contribution is -0.134. The molecule has 4 heterocycles. The Hall–Kier alpha value is -2.95. The van der Waals surface area contributed by atoms with Crippen LogP contribution in [0.5, 0.6) is 0 Å². The van der Waals surface area contributed by atoms with Crippen molar-refractivity contribution >= 4 is 38.4 Å². The first-order valence-electron chi connectivity index (χ1n) is 12.1. The van der Waals surface area contributed by atoms with Gasteiger partial charge in [0.15, 0.2) is 5.65 Å². The van der Waals surface area contributed by atoms with Crippen molar-refractivity contribution in [2.45, 2.75) is 51.8 Å². The second-order valence-corrected chi connectivity index (χ2v) is 10.2. The molecule has 0 aliphatic carbocycles. The highest BCUT2D eigenvalue weighted by Gasteiger charge is 2.24. The Kier molecular flexibility index (Phi) is 7.00. The lowest BCUT2D eigenvalue weighted by Gasteiger charge is -2.33. The minimum Gasteiger partial charge on any atom is -0.393 e. The molecule has 1 aromatic carbocycles. The van der Waals surface area contributed by atoms with Gasteiger partial charge in [-0.3, -0.25) is 9.78 Å². The van der Waals surface area contributed by atoms with Gasteiger partial charge in [0, 0.05) is 48.4 Å². The predicted molar refractivity (Wildman–Crippen MR) is 139 cm³/mol. The molecule has 1 saturated heterocycles. The topological polar surface area (TPSA) is 95.7 Å². The summed E-state index contributed by atoms with van der Waals surface area (Å²) in [4.78, 5) is 23.5. The van der Waals surface area contributed by atoms with Crippen molar-refractivity contribution in [3.8, 4) is 11.1 Å². The summed E-state index contributed by atoms with van der Waals surface area (Å²) in [6.45, 7) is 5.55. The second kappa shape index (κ2) is 10.2. The van der Waals surface area contributed by atoms with E-state index in [1.165, 1.54) is 12.1 Å². The van der Waals surface area contributed by atoms with Crippen LogP contribution < -0.4 is 5.32 Å². The van der Waals surface area contributed by atoms with Gasteiger partial charge in [-0.25, -0.2) is 13.9 Å². The number of hydrogen-bond acceptors (Lipinski definition) is 6. The molecular formula is C26H28BrFN6O2. The average Bonchev–Trinajstić information content (AvgIpc) is 3.28. The molecule has 1 aliphatic heterocycles.